The number of amides is 1. The fourth-order valence-corrected chi connectivity index (χ4v) is 2.77. The minimum Gasteiger partial charge on any atom is -0.444 e. The lowest BCUT2D eigenvalue weighted by Gasteiger charge is -2.36. The number of piperazine rings is 1. The summed E-state index contributed by atoms with van der Waals surface area (Å²) in [4.78, 5) is 19.9. The van der Waals surface area contributed by atoms with Crippen LogP contribution in [0.5, 0.6) is 0 Å². The van der Waals surface area contributed by atoms with Crippen molar-refractivity contribution in [2.24, 2.45) is 10.7 Å². The predicted molar refractivity (Wildman–Crippen MR) is 116 cm³/mol. The summed E-state index contributed by atoms with van der Waals surface area (Å²) in [6, 6.07) is 3.54. The second-order valence-corrected chi connectivity index (χ2v) is 7.72. The summed E-state index contributed by atoms with van der Waals surface area (Å²) in [7, 11) is 0. The highest BCUT2D eigenvalue weighted by Crippen LogP contribution is 2.20. The fraction of sp³-hybridized carbons (Fsp3) is 0.579. The zero-order chi connectivity index (χ0) is 20.2. The molecule has 9 heteroatoms. The van der Waals surface area contributed by atoms with E-state index in [1.165, 1.54) is 12.1 Å². The Bertz CT molecular complexity index is 702. The number of halogens is 3. The van der Waals surface area contributed by atoms with E-state index in [0.29, 0.717) is 44.2 Å². The zero-order valence-electron chi connectivity index (χ0n) is 16.7. The second-order valence-electron chi connectivity index (χ2n) is 7.72. The molecule has 0 bridgehead atoms. The fourth-order valence-electron chi connectivity index (χ4n) is 2.77. The van der Waals surface area contributed by atoms with E-state index in [4.69, 9.17) is 10.5 Å². The van der Waals surface area contributed by atoms with Crippen molar-refractivity contribution in [2.45, 2.75) is 39.2 Å². The van der Waals surface area contributed by atoms with Gasteiger partial charge >= 0.3 is 6.09 Å². The smallest absolute Gasteiger partial charge is 0.410 e. The molecule has 0 radical (unpaired) electrons. The maximum absolute atomic E-state index is 13.8. The van der Waals surface area contributed by atoms with Gasteiger partial charge in [-0.1, -0.05) is 13.0 Å². The molecule has 28 heavy (non-hydrogen) atoms. The van der Waals surface area contributed by atoms with Gasteiger partial charge in [-0.05, 0) is 32.4 Å². The molecule has 158 valence electrons. The van der Waals surface area contributed by atoms with Crippen molar-refractivity contribution in [2.75, 3.05) is 32.7 Å². The highest BCUT2D eigenvalue weighted by Gasteiger charge is 2.26. The summed E-state index contributed by atoms with van der Waals surface area (Å²) in [6.07, 6.45) is -0.335. The number of rotatable bonds is 3. The van der Waals surface area contributed by atoms with E-state index in [-0.39, 0.29) is 36.0 Å². The quantitative estimate of drug-likeness (QED) is 0.384. The number of nitrogens with zero attached hydrogens (tertiary/aromatic N) is 3. The Hall–Kier alpha value is -1.65. The van der Waals surface area contributed by atoms with Gasteiger partial charge in [-0.15, -0.1) is 24.0 Å². The Kier molecular flexibility index (Phi) is 8.90. The van der Waals surface area contributed by atoms with Crippen LogP contribution in [0.25, 0.3) is 0 Å². The van der Waals surface area contributed by atoms with Crippen LogP contribution in [0.4, 0.5) is 13.6 Å². The number of carbonyl (C=O) groups is 1. The minimum absolute atomic E-state index is 0. The SMILES string of the molecule is CC(CN=C(N)N1CCN(C(=O)OC(C)(C)C)CC1)c1ccc(F)cc1F.I. The van der Waals surface area contributed by atoms with Crippen molar-refractivity contribution in [3.8, 4) is 0 Å². The Labute approximate surface area is 182 Å². The van der Waals surface area contributed by atoms with Crippen molar-refractivity contribution in [1.29, 1.82) is 0 Å². The molecule has 2 N–H and O–H groups in total. The average molecular weight is 510 g/mol. The van der Waals surface area contributed by atoms with E-state index in [2.05, 4.69) is 4.99 Å². The lowest BCUT2D eigenvalue weighted by molar-refractivity contribution is 0.0186. The second kappa shape index (κ2) is 10.2. The molecule has 1 heterocycles. The molecule has 0 saturated carbocycles. The van der Waals surface area contributed by atoms with Crippen molar-refractivity contribution in [3.05, 3.63) is 35.4 Å². The van der Waals surface area contributed by atoms with E-state index in [0.717, 1.165) is 6.07 Å². The standard InChI is InChI=1S/C19H28F2N4O2.HI/c1-13(15-6-5-14(20)11-16(15)21)12-23-17(22)24-7-9-25(10-8-24)18(26)27-19(2,3)4;/h5-6,11,13H,7-10,12H2,1-4H3,(H2,22,23);1H. The maximum Gasteiger partial charge on any atom is 0.410 e. The molecule has 2 rings (SSSR count). The molecule has 1 aromatic rings. The van der Waals surface area contributed by atoms with Crippen LogP contribution in [-0.2, 0) is 4.74 Å². The van der Waals surface area contributed by atoms with Crippen LogP contribution in [0.3, 0.4) is 0 Å². The molecular formula is C19H29F2IN4O2. The minimum atomic E-state index is -0.602. The van der Waals surface area contributed by atoms with Gasteiger partial charge in [0.05, 0.1) is 0 Å². The Balaban J connectivity index is 0.00000392. The molecule has 1 saturated heterocycles. The number of aliphatic imine (C=N–C) groups is 1. The largest absolute Gasteiger partial charge is 0.444 e. The van der Waals surface area contributed by atoms with Crippen LogP contribution in [-0.4, -0.2) is 60.2 Å². The van der Waals surface area contributed by atoms with Crippen molar-refractivity contribution in [1.82, 2.24) is 9.80 Å². The molecule has 1 atom stereocenters. The summed E-state index contributed by atoms with van der Waals surface area (Å²) >= 11 is 0. The van der Waals surface area contributed by atoms with Gasteiger partial charge in [-0.2, -0.15) is 0 Å². The zero-order valence-corrected chi connectivity index (χ0v) is 19.1. The van der Waals surface area contributed by atoms with Gasteiger partial charge in [0.15, 0.2) is 5.96 Å². The highest BCUT2D eigenvalue weighted by molar-refractivity contribution is 14.0. The summed E-state index contributed by atoms with van der Waals surface area (Å²) in [5.41, 5.74) is 5.93. The van der Waals surface area contributed by atoms with Crippen LogP contribution < -0.4 is 5.73 Å². The van der Waals surface area contributed by atoms with E-state index in [9.17, 15) is 13.6 Å². The normalized spacial score (nSPS) is 16.4. The summed E-state index contributed by atoms with van der Waals surface area (Å²) in [6.45, 7) is 9.68. The number of carbonyl (C=O) groups excluding carboxylic acids is 1. The van der Waals surface area contributed by atoms with Crippen molar-refractivity contribution >= 4 is 36.0 Å². The Morgan fingerprint density at radius 3 is 2.32 bits per heavy atom. The van der Waals surface area contributed by atoms with Gasteiger partial charge < -0.3 is 20.3 Å². The molecule has 1 unspecified atom stereocenters. The number of ether oxygens (including phenoxy) is 1. The summed E-state index contributed by atoms with van der Waals surface area (Å²) < 4.78 is 32.2. The van der Waals surface area contributed by atoms with Gasteiger partial charge in [0.1, 0.15) is 17.2 Å². The number of guanidine groups is 1. The first kappa shape index (κ1) is 24.4. The average Bonchev–Trinajstić information content (AvgIpc) is 2.58. The molecule has 1 aromatic carbocycles. The Morgan fingerprint density at radius 1 is 1.21 bits per heavy atom. The molecule has 1 fully saturated rings. The van der Waals surface area contributed by atoms with Crippen LogP contribution >= 0.6 is 24.0 Å². The summed E-state index contributed by atoms with van der Waals surface area (Å²) in [5, 5.41) is 0. The number of hydrogen-bond acceptors (Lipinski definition) is 3. The van der Waals surface area contributed by atoms with Crippen LogP contribution in [0, 0.1) is 11.6 Å². The third-order valence-corrected chi connectivity index (χ3v) is 4.28. The first-order chi connectivity index (χ1) is 12.6. The topological polar surface area (TPSA) is 71.2 Å². The van der Waals surface area contributed by atoms with Crippen molar-refractivity contribution < 1.29 is 18.3 Å². The predicted octanol–water partition coefficient (Wildman–Crippen LogP) is 3.55. The van der Waals surface area contributed by atoms with Gasteiger partial charge in [-0.3, -0.25) is 4.99 Å². The molecule has 1 aliphatic rings. The molecule has 1 aliphatic heterocycles. The molecular weight excluding hydrogens is 481 g/mol. The molecule has 6 nitrogen and oxygen atoms in total. The lowest BCUT2D eigenvalue weighted by atomic mass is 10.0. The van der Waals surface area contributed by atoms with Crippen LogP contribution in [0.2, 0.25) is 0 Å². The molecule has 1 amide bonds. The van der Waals surface area contributed by atoms with Gasteiger partial charge in [-0.25, -0.2) is 13.6 Å². The Morgan fingerprint density at radius 2 is 1.79 bits per heavy atom. The van der Waals surface area contributed by atoms with Gasteiger partial charge in [0.2, 0.25) is 0 Å². The third-order valence-electron chi connectivity index (χ3n) is 4.28. The first-order valence-electron chi connectivity index (χ1n) is 9.04. The van der Waals surface area contributed by atoms with E-state index >= 15 is 0 Å². The number of nitrogens with two attached hydrogens (primary N) is 1. The van der Waals surface area contributed by atoms with Gasteiger partial charge in [0.25, 0.3) is 0 Å². The van der Waals surface area contributed by atoms with Gasteiger partial charge in [0, 0.05) is 44.7 Å². The van der Waals surface area contributed by atoms with E-state index in [1.807, 2.05) is 32.6 Å². The van der Waals surface area contributed by atoms with E-state index < -0.39 is 17.2 Å². The third kappa shape index (κ3) is 7.06. The molecule has 0 spiro atoms. The van der Waals surface area contributed by atoms with E-state index in [1.54, 1.807) is 4.90 Å². The number of hydrogen-bond donors (Lipinski definition) is 1. The van der Waals surface area contributed by atoms with Crippen molar-refractivity contribution in [3.63, 3.8) is 0 Å². The highest BCUT2D eigenvalue weighted by atomic mass is 127. The van der Waals surface area contributed by atoms with Crippen LogP contribution in [0.15, 0.2) is 23.2 Å². The monoisotopic (exact) mass is 510 g/mol. The van der Waals surface area contributed by atoms with Crippen LogP contribution in [0.1, 0.15) is 39.2 Å². The summed E-state index contributed by atoms with van der Waals surface area (Å²) in [5.74, 6) is -1.06. The maximum atomic E-state index is 13.8. The lowest BCUT2D eigenvalue weighted by Crippen LogP contribution is -2.53. The molecule has 0 aliphatic carbocycles. The molecule has 0 aromatic heterocycles. The number of benzene rings is 1. The first-order valence-corrected chi connectivity index (χ1v) is 9.04.